The molecule has 0 radical (unpaired) electrons. The molecule has 1 unspecified atom stereocenters. The number of ether oxygens (including phenoxy) is 1. The summed E-state index contributed by atoms with van der Waals surface area (Å²) in [5.74, 6) is -1.55. The predicted octanol–water partition coefficient (Wildman–Crippen LogP) is 7.70. The topological polar surface area (TPSA) is 55.4 Å². The van der Waals surface area contributed by atoms with Gasteiger partial charge in [-0.1, -0.05) is 97.5 Å². The van der Waals surface area contributed by atoms with E-state index in [1.54, 1.807) is 13.8 Å². The second kappa shape index (κ2) is 16.6. The second-order valence-corrected chi connectivity index (χ2v) is 9.33. The van der Waals surface area contributed by atoms with E-state index >= 15 is 0 Å². The minimum Gasteiger partial charge on any atom is -0.464 e. The second-order valence-electron chi connectivity index (χ2n) is 9.33. The van der Waals surface area contributed by atoms with E-state index in [0.717, 1.165) is 31.4 Å². The van der Waals surface area contributed by atoms with Crippen molar-refractivity contribution in [1.82, 2.24) is 5.32 Å². The summed E-state index contributed by atoms with van der Waals surface area (Å²) >= 11 is 0. The van der Waals surface area contributed by atoms with E-state index in [-0.39, 0.29) is 18.1 Å². The van der Waals surface area contributed by atoms with Crippen molar-refractivity contribution in [3.05, 3.63) is 35.4 Å². The standard InChI is InChI=1S/C27H42F3NO3/c1-4-5-6-7-8-9-10-11-12-13-14-15-19-34-26(33)24(21(2)3)31-25(32)22-17-16-18-23(20-22)27(28,29)30/h16-18,20-21,24H,4-15,19H2,1-3H3,(H,31,32). The molecule has 1 aromatic rings. The maximum atomic E-state index is 12.9. The Morgan fingerprint density at radius 1 is 0.882 bits per heavy atom. The molecule has 0 aromatic heterocycles. The zero-order valence-corrected chi connectivity index (χ0v) is 21.0. The molecule has 1 N–H and O–H groups in total. The quantitative estimate of drug-likeness (QED) is 0.182. The summed E-state index contributed by atoms with van der Waals surface area (Å²) in [6, 6.07) is 3.23. The molecule has 1 amide bonds. The fraction of sp³-hybridized carbons (Fsp3) is 0.704. The monoisotopic (exact) mass is 485 g/mol. The van der Waals surface area contributed by atoms with Crippen LogP contribution in [0, 0.1) is 5.92 Å². The van der Waals surface area contributed by atoms with Gasteiger partial charge in [-0.15, -0.1) is 0 Å². The number of alkyl halides is 3. The largest absolute Gasteiger partial charge is 0.464 e. The fourth-order valence-electron chi connectivity index (χ4n) is 3.76. The molecule has 1 atom stereocenters. The number of hydrogen-bond acceptors (Lipinski definition) is 3. The number of benzene rings is 1. The molecule has 0 fully saturated rings. The number of carbonyl (C=O) groups is 2. The molecule has 0 saturated heterocycles. The summed E-state index contributed by atoms with van der Waals surface area (Å²) in [6.45, 7) is 6.01. The number of nitrogens with one attached hydrogen (secondary N) is 1. The van der Waals surface area contributed by atoms with Gasteiger partial charge in [-0.3, -0.25) is 4.79 Å². The van der Waals surface area contributed by atoms with Crippen LogP contribution in [-0.2, 0) is 15.7 Å². The van der Waals surface area contributed by atoms with E-state index < -0.39 is 29.7 Å². The number of carbonyl (C=O) groups excluding carboxylic acids is 2. The molecule has 0 saturated carbocycles. The molecule has 7 heteroatoms. The Morgan fingerprint density at radius 2 is 1.41 bits per heavy atom. The van der Waals surface area contributed by atoms with Gasteiger partial charge in [-0.25, -0.2) is 4.79 Å². The molecular weight excluding hydrogens is 443 g/mol. The molecule has 0 bridgehead atoms. The van der Waals surface area contributed by atoms with Crippen molar-refractivity contribution in [1.29, 1.82) is 0 Å². The molecular formula is C27H42F3NO3. The SMILES string of the molecule is CCCCCCCCCCCCCCOC(=O)C(NC(=O)c1cccc(C(F)(F)F)c1)C(C)C. The number of amides is 1. The predicted molar refractivity (Wildman–Crippen MR) is 130 cm³/mol. The van der Waals surface area contributed by atoms with Crippen LogP contribution in [-0.4, -0.2) is 24.5 Å². The van der Waals surface area contributed by atoms with Crippen LogP contribution in [0.25, 0.3) is 0 Å². The Balaban J connectivity index is 2.28. The van der Waals surface area contributed by atoms with Gasteiger partial charge in [0.1, 0.15) is 6.04 Å². The maximum Gasteiger partial charge on any atom is 0.416 e. The number of esters is 1. The van der Waals surface area contributed by atoms with Gasteiger partial charge in [-0.05, 0) is 30.5 Å². The first-order valence-electron chi connectivity index (χ1n) is 12.8. The first-order valence-corrected chi connectivity index (χ1v) is 12.8. The lowest BCUT2D eigenvalue weighted by atomic mass is 10.0. The molecule has 0 heterocycles. The third-order valence-electron chi connectivity index (χ3n) is 5.90. The number of unbranched alkanes of at least 4 members (excludes halogenated alkanes) is 11. The van der Waals surface area contributed by atoms with Crippen LogP contribution < -0.4 is 5.32 Å². The van der Waals surface area contributed by atoms with Crippen LogP contribution >= 0.6 is 0 Å². The molecule has 1 rings (SSSR count). The lowest BCUT2D eigenvalue weighted by Gasteiger charge is -2.21. The summed E-state index contributed by atoms with van der Waals surface area (Å²) < 4.78 is 44.0. The van der Waals surface area contributed by atoms with E-state index in [1.165, 1.54) is 69.9 Å². The highest BCUT2D eigenvalue weighted by molar-refractivity contribution is 5.97. The molecule has 0 aliphatic carbocycles. The highest BCUT2D eigenvalue weighted by Crippen LogP contribution is 2.29. The molecule has 0 spiro atoms. The van der Waals surface area contributed by atoms with Gasteiger partial charge in [0.2, 0.25) is 0 Å². The minimum atomic E-state index is -4.54. The maximum absolute atomic E-state index is 12.9. The van der Waals surface area contributed by atoms with E-state index in [0.29, 0.717) is 0 Å². The fourth-order valence-corrected chi connectivity index (χ4v) is 3.76. The van der Waals surface area contributed by atoms with Gasteiger partial charge in [-0.2, -0.15) is 13.2 Å². The van der Waals surface area contributed by atoms with Gasteiger partial charge in [0, 0.05) is 5.56 Å². The van der Waals surface area contributed by atoms with Crippen molar-refractivity contribution in [3.8, 4) is 0 Å². The van der Waals surface area contributed by atoms with Gasteiger partial charge in [0.05, 0.1) is 12.2 Å². The van der Waals surface area contributed by atoms with Crippen LogP contribution in [0.1, 0.15) is 114 Å². The summed E-state index contributed by atoms with van der Waals surface area (Å²) in [5.41, 5.74) is -1.05. The summed E-state index contributed by atoms with van der Waals surface area (Å²) in [5, 5.41) is 2.53. The lowest BCUT2D eigenvalue weighted by Crippen LogP contribution is -2.45. The van der Waals surface area contributed by atoms with E-state index in [1.807, 2.05) is 0 Å². The van der Waals surface area contributed by atoms with Crippen molar-refractivity contribution in [2.75, 3.05) is 6.61 Å². The first-order chi connectivity index (χ1) is 16.2. The first kappa shape index (κ1) is 30.0. The van der Waals surface area contributed by atoms with Crippen molar-refractivity contribution in [2.24, 2.45) is 5.92 Å². The van der Waals surface area contributed by atoms with Crippen LogP contribution in [0.3, 0.4) is 0 Å². The molecule has 1 aromatic carbocycles. The molecule has 34 heavy (non-hydrogen) atoms. The van der Waals surface area contributed by atoms with Crippen LogP contribution in [0.2, 0.25) is 0 Å². The number of hydrogen-bond donors (Lipinski definition) is 1. The Kier molecular flexibility index (Phi) is 14.6. The minimum absolute atomic E-state index is 0.144. The molecule has 194 valence electrons. The van der Waals surface area contributed by atoms with E-state index in [4.69, 9.17) is 4.74 Å². The van der Waals surface area contributed by atoms with Crippen molar-refractivity contribution >= 4 is 11.9 Å². The van der Waals surface area contributed by atoms with Gasteiger partial charge < -0.3 is 10.1 Å². The Labute approximate surface area is 203 Å². The van der Waals surface area contributed by atoms with Crippen molar-refractivity contribution in [2.45, 2.75) is 110 Å². The van der Waals surface area contributed by atoms with Gasteiger partial charge >= 0.3 is 12.1 Å². The van der Waals surface area contributed by atoms with Gasteiger partial charge in [0.25, 0.3) is 5.91 Å². The average Bonchev–Trinajstić information content (AvgIpc) is 2.79. The Bertz CT molecular complexity index is 719. The summed E-state index contributed by atoms with van der Waals surface area (Å²) in [7, 11) is 0. The number of halogens is 3. The van der Waals surface area contributed by atoms with E-state index in [9.17, 15) is 22.8 Å². The zero-order chi connectivity index (χ0) is 25.4. The third kappa shape index (κ3) is 12.4. The molecule has 0 aliphatic heterocycles. The number of rotatable bonds is 17. The van der Waals surface area contributed by atoms with E-state index in [2.05, 4.69) is 12.2 Å². The van der Waals surface area contributed by atoms with Crippen LogP contribution in [0.15, 0.2) is 24.3 Å². The molecule has 4 nitrogen and oxygen atoms in total. The van der Waals surface area contributed by atoms with Crippen LogP contribution in [0.5, 0.6) is 0 Å². The Hall–Kier alpha value is -2.05. The van der Waals surface area contributed by atoms with Crippen LogP contribution in [0.4, 0.5) is 13.2 Å². The third-order valence-corrected chi connectivity index (χ3v) is 5.90. The lowest BCUT2D eigenvalue weighted by molar-refractivity contribution is -0.147. The normalized spacial score (nSPS) is 12.6. The molecule has 0 aliphatic rings. The Morgan fingerprint density at radius 3 is 1.91 bits per heavy atom. The highest BCUT2D eigenvalue weighted by atomic mass is 19.4. The summed E-state index contributed by atoms with van der Waals surface area (Å²) in [4.78, 5) is 24.9. The highest BCUT2D eigenvalue weighted by Gasteiger charge is 2.32. The van der Waals surface area contributed by atoms with Crippen molar-refractivity contribution in [3.63, 3.8) is 0 Å². The average molecular weight is 486 g/mol. The van der Waals surface area contributed by atoms with Crippen molar-refractivity contribution < 1.29 is 27.5 Å². The van der Waals surface area contributed by atoms with Gasteiger partial charge in [0.15, 0.2) is 0 Å². The summed E-state index contributed by atoms with van der Waals surface area (Å²) in [6.07, 6.45) is 9.96. The zero-order valence-electron chi connectivity index (χ0n) is 21.0. The smallest absolute Gasteiger partial charge is 0.416 e.